The summed E-state index contributed by atoms with van der Waals surface area (Å²) in [6.07, 6.45) is 2.77. The van der Waals surface area contributed by atoms with Crippen molar-refractivity contribution >= 4 is 29.4 Å². The molecule has 0 radical (unpaired) electrons. The predicted molar refractivity (Wildman–Crippen MR) is 121 cm³/mol. The third-order valence-electron chi connectivity index (χ3n) is 4.90. The van der Waals surface area contributed by atoms with E-state index in [9.17, 15) is 14.0 Å². The number of rotatable bonds is 7. The number of aromatic nitrogens is 2. The Kier molecular flexibility index (Phi) is 9.08. The number of nitrogens with one attached hydrogen (secondary N) is 2. The van der Waals surface area contributed by atoms with Crippen molar-refractivity contribution < 1.29 is 18.7 Å². The molecule has 1 aromatic heterocycles. The van der Waals surface area contributed by atoms with Crippen LogP contribution in [0.1, 0.15) is 52.5 Å². The lowest BCUT2D eigenvalue weighted by atomic mass is 9.80. The van der Waals surface area contributed by atoms with Gasteiger partial charge in [0.25, 0.3) is 0 Å². The summed E-state index contributed by atoms with van der Waals surface area (Å²) in [6.45, 7) is 6.99. The molecule has 32 heavy (non-hydrogen) atoms. The molecule has 2 amide bonds. The van der Waals surface area contributed by atoms with E-state index in [2.05, 4.69) is 32.4 Å². The first-order chi connectivity index (χ1) is 15.0. The van der Waals surface area contributed by atoms with Gasteiger partial charge >= 0.3 is 6.09 Å². The van der Waals surface area contributed by atoms with Crippen molar-refractivity contribution in [2.45, 2.75) is 64.6 Å². The van der Waals surface area contributed by atoms with Gasteiger partial charge in [0.05, 0.1) is 12.2 Å². The van der Waals surface area contributed by atoms with Crippen LogP contribution in [0.3, 0.4) is 0 Å². The van der Waals surface area contributed by atoms with Gasteiger partial charge in [0.15, 0.2) is 0 Å². The number of hydrogen-bond acceptors (Lipinski definition) is 6. The van der Waals surface area contributed by atoms with Crippen LogP contribution >= 0.6 is 11.6 Å². The average Bonchev–Trinajstić information content (AvgIpc) is 2.68. The maximum absolute atomic E-state index is 12.5. The van der Waals surface area contributed by atoms with Crippen LogP contribution in [0.15, 0.2) is 6.20 Å². The van der Waals surface area contributed by atoms with Crippen LogP contribution in [-0.2, 0) is 9.53 Å². The molecule has 0 bridgehead atoms. The second kappa shape index (κ2) is 11.3. The summed E-state index contributed by atoms with van der Waals surface area (Å²) in [7, 11) is 1.54. The standard InChI is InChI=1S/C22H31ClFN5O3/c1-14(29(5)21(31)32-22(2,3)4)19(30)27-17-11-15(12-17)7-8-16-13-26-20(23)28-18(16)25-10-6-9-24/h13-15,17H,6,9-12H2,1-5H3,(H,27,30)(H,25,26,28)/t14-,15-,17+/m0/s1. The minimum Gasteiger partial charge on any atom is -0.444 e. The molecule has 1 heterocycles. The number of carbonyl (C=O) groups is 2. The first-order valence-electron chi connectivity index (χ1n) is 10.6. The molecule has 0 aromatic carbocycles. The highest BCUT2D eigenvalue weighted by Gasteiger charge is 2.32. The Bertz CT molecular complexity index is 875. The zero-order chi connectivity index (χ0) is 23.9. The highest BCUT2D eigenvalue weighted by atomic mass is 35.5. The molecule has 0 aliphatic heterocycles. The van der Waals surface area contributed by atoms with E-state index >= 15 is 0 Å². The molecule has 0 saturated heterocycles. The summed E-state index contributed by atoms with van der Waals surface area (Å²) >= 11 is 5.84. The number of carbonyl (C=O) groups excluding carboxylic acids is 2. The van der Waals surface area contributed by atoms with Gasteiger partial charge in [0.2, 0.25) is 11.2 Å². The Morgan fingerprint density at radius 1 is 1.41 bits per heavy atom. The van der Waals surface area contributed by atoms with Crippen molar-refractivity contribution in [3.63, 3.8) is 0 Å². The quantitative estimate of drug-likeness (QED) is 0.362. The zero-order valence-electron chi connectivity index (χ0n) is 19.2. The largest absolute Gasteiger partial charge is 0.444 e. The lowest BCUT2D eigenvalue weighted by molar-refractivity contribution is -0.126. The van der Waals surface area contributed by atoms with E-state index in [1.165, 1.54) is 11.1 Å². The van der Waals surface area contributed by atoms with Crippen LogP contribution < -0.4 is 10.6 Å². The molecule has 1 aliphatic carbocycles. The first-order valence-corrected chi connectivity index (χ1v) is 11.0. The van der Waals surface area contributed by atoms with Crippen molar-refractivity contribution in [2.24, 2.45) is 5.92 Å². The molecule has 1 aromatic rings. The Morgan fingerprint density at radius 3 is 2.72 bits per heavy atom. The number of halogens is 2. The predicted octanol–water partition coefficient (Wildman–Crippen LogP) is 3.40. The van der Waals surface area contributed by atoms with Crippen molar-refractivity contribution in [3.8, 4) is 11.8 Å². The average molecular weight is 468 g/mol. The van der Waals surface area contributed by atoms with E-state index < -0.39 is 24.4 Å². The van der Waals surface area contributed by atoms with Crippen molar-refractivity contribution in [3.05, 3.63) is 17.0 Å². The fourth-order valence-electron chi connectivity index (χ4n) is 2.88. The van der Waals surface area contributed by atoms with Crippen LogP contribution in [0, 0.1) is 17.8 Å². The molecule has 1 atom stereocenters. The fraction of sp³-hybridized carbons (Fsp3) is 0.636. The number of likely N-dealkylation sites (N-methyl/N-ethyl adjacent to an activating group) is 1. The second-order valence-corrected chi connectivity index (χ2v) is 9.12. The molecule has 8 nitrogen and oxygen atoms in total. The van der Waals surface area contributed by atoms with Gasteiger partial charge in [0.1, 0.15) is 17.5 Å². The van der Waals surface area contributed by atoms with Gasteiger partial charge in [-0.25, -0.2) is 9.78 Å². The first kappa shape index (κ1) is 25.7. The topological polar surface area (TPSA) is 96.5 Å². The highest BCUT2D eigenvalue weighted by molar-refractivity contribution is 6.28. The summed E-state index contributed by atoms with van der Waals surface area (Å²) in [5.41, 5.74) is -0.0348. The summed E-state index contributed by atoms with van der Waals surface area (Å²) < 4.78 is 17.6. The molecule has 2 N–H and O–H groups in total. The van der Waals surface area contributed by atoms with Crippen molar-refractivity contribution in [1.82, 2.24) is 20.2 Å². The normalized spacial score (nSPS) is 18.5. The highest BCUT2D eigenvalue weighted by Crippen LogP contribution is 2.27. The maximum atomic E-state index is 12.5. The van der Waals surface area contributed by atoms with E-state index in [4.69, 9.17) is 16.3 Å². The van der Waals surface area contributed by atoms with Gasteiger partial charge < -0.3 is 15.4 Å². The summed E-state index contributed by atoms with van der Waals surface area (Å²) in [6, 6.07) is -0.654. The SMILES string of the molecule is C[C@@H](C(=O)N[C@H]1C[C@@H](C#Cc2cnc(Cl)nc2NCCCF)C1)N(C)C(=O)OC(C)(C)C. The molecule has 1 fully saturated rings. The van der Waals surface area contributed by atoms with Gasteiger partial charge in [-0.15, -0.1) is 0 Å². The van der Waals surface area contributed by atoms with Crippen LogP contribution in [0.25, 0.3) is 0 Å². The Morgan fingerprint density at radius 2 is 2.09 bits per heavy atom. The number of alkyl halides is 1. The van der Waals surface area contributed by atoms with Gasteiger partial charge in [-0.1, -0.05) is 11.8 Å². The Labute approximate surface area is 193 Å². The monoisotopic (exact) mass is 467 g/mol. The lowest BCUT2D eigenvalue weighted by Gasteiger charge is -2.34. The van der Waals surface area contributed by atoms with Crippen molar-refractivity contribution in [2.75, 3.05) is 25.6 Å². The van der Waals surface area contributed by atoms with E-state index in [0.717, 1.165) is 0 Å². The number of amides is 2. The molecule has 0 unspecified atom stereocenters. The van der Waals surface area contributed by atoms with Crippen LogP contribution in [0.4, 0.5) is 15.0 Å². The number of ether oxygens (including phenoxy) is 1. The van der Waals surface area contributed by atoms with E-state index in [0.29, 0.717) is 37.2 Å². The number of nitrogens with zero attached hydrogens (tertiary/aromatic N) is 3. The molecular weight excluding hydrogens is 437 g/mol. The molecule has 176 valence electrons. The van der Waals surface area contributed by atoms with E-state index in [1.54, 1.807) is 34.7 Å². The Hall–Kier alpha value is -2.60. The number of anilines is 1. The van der Waals surface area contributed by atoms with E-state index in [1.807, 2.05) is 0 Å². The second-order valence-electron chi connectivity index (χ2n) is 8.78. The van der Waals surface area contributed by atoms with E-state index in [-0.39, 0.29) is 23.2 Å². The van der Waals surface area contributed by atoms with Crippen LogP contribution in [-0.4, -0.2) is 64.8 Å². The molecule has 0 spiro atoms. The van der Waals surface area contributed by atoms with Gasteiger partial charge in [-0.2, -0.15) is 4.98 Å². The summed E-state index contributed by atoms with van der Waals surface area (Å²) in [5.74, 6) is 6.57. The number of hydrogen-bond donors (Lipinski definition) is 2. The van der Waals surface area contributed by atoms with Crippen LogP contribution in [0.2, 0.25) is 5.28 Å². The van der Waals surface area contributed by atoms with Gasteiger partial charge in [0, 0.05) is 31.7 Å². The molecular formula is C22H31ClFN5O3. The Balaban J connectivity index is 1.85. The molecule has 10 heteroatoms. The summed E-state index contributed by atoms with van der Waals surface area (Å²) in [4.78, 5) is 34.0. The molecule has 1 aliphatic rings. The zero-order valence-corrected chi connectivity index (χ0v) is 19.9. The lowest BCUT2D eigenvalue weighted by Crippen LogP contribution is -2.52. The maximum Gasteiger partial charge on any atom is 0.410 e. The molecule has 1 saturated carbocycles. The third kappa shape index (κ3) is 7.83. The van der Waals surface area contributed by atoms with Gasteiger partial charge in [-0.05, 0) is 58.6 Å². The molecule has 2 rings (SSSR count). The minimum atomic E-state index is -0.654. The fourth-order valence-corrected chi connectivity index (χ4v) is 3.02. The van der Waals surface area contributed by atoms with Crippen LogP contribution in [0.5, 0.6) is 0 Å². The minimum absolute atomic E-state index is 0.0000889. The summed E-state index contributed by atoms with van der Waals surface area (Å²) in [5, 5.41) is 6.06. The van der Waals surface area contributed by atoms with Gasteiger partial charge in [-0.3, -0.25) is 14.1 Å². The third-order valence-corrected chi connectivity index (χ3v) is 5.08. The van der Waals surface area contributed by atoms with Crippen molar-refractivity contribution in [1.29, 1.82) is 0 Å². The smallest absolute Gasteiger partial charge is 0.410 e.